The molecule has 1 heterocycles. The van der Waals surface area contributed by atoms with E-state index >= 15 is 0 Å². The lowest BCUT2D eigenvalue weighted by Crippen LogP contribution is -2.42. The van der Waals surface area contributed by atoms with Crippen LogP contribution in [0.4, 0.5) is 0 Å². The molecule has 1 aromatic rings. The number of esters is 2. The van der Waals surface area contributed by atoms with Crippen molar-refractivity contribution in [3.63, 3.8) is 0 Å². The number of nitrogens with one attached hydrogen (secondary N) is 2. The summed E-state index contributed by atoms with van der Waals surface area (Å²) in [4.78, 5) is 39.2. The maximum Gasteiger partial charge on any atom is 0.355 e. The fraction of sp³-hybridized carbons (Fsp3) is 0.611. The molecule has 138 valence electrons. The normalized spacial score (nSPS) is 16.2. The third kappa shape index (κ3) is 4.41. The molecule has 0 unspecified atom stereocenters. The second kappa shape index (κ2) is 8.18. The number of H-pyrrole nitrogens is 1. The summed E-state index contributed by atoms with van der Waals surface area (Å²) in [5, 5.41) is 2.93. The average Bonchev–Trinajstić information content (AvgIpc) is 2.89. The van der Waals surface area contributed by atoms with E-state index in [0.29, 0.717) is 16.8 Å². The van der Waals surface area contributed by atoms with Crippen molar-refractivity contribution in [3.8, 4) is 0 Å². The molecule has 0 spiro atoms. The number of aromatic amines is 1. The number of carbonyl (C=O) groups excluding carboxylic acids is 3. The third-order valence-corrected chi connectivity index (χ3v) is 4.64. The number of rotatable bonds is 5. The predicted octanol–water partition coefficient (Wildman–Crippen LogP) is 2.41. The van der Waals surface area contributed by atoms with Crippen LogP contribution >= 0.6 is 0 Å². The monoisotopic (exact) mass is 350 g/mol. The Hall–Kier alpha value is -2.31. The van der Waals surface area contributed by atoms with E-state index in [1.54, 1.807) is 20.8 Å². The van der Waals surface area contributed by atoms with E-state index in [1.807, 2.05) is 0 Å². The van der Waals surface area contributed by atoms with Crippen LogP contribution in [-0.2, 0) is 14.3 Å². The number of aromatic nitrogens is 1. The van der Waals surface area contributed by atoms with Crippen molar-refractivity contribution in [2.24, 2.45) is 0 Å². The first kappa shape index (κ1) is 19.0. The second-order valence-electron chi connectivity index (χ2n) is 6.51. The summed E-state index contributed by atoms with van der Waals surface area (Å²) in [7, 11) is 1.28. The highest BCUT2D eigenvalue weighted by atomic mass is 16.5. The number of hydrogen-bond acceptors (Lipinski definition) is 5. The molecule has 1 fully saturated rings. The van der Waals surface area contributed by atoms with Gasteiger partial charge < -0.3 is 19.8 Å². The van der Waals surface area contributed by atoms with Crippen molar-refractivity contribution in [1.82, 2.24) is 10.3 Å². The lowest BCUT2D eigenvalue weighted by molar-refractivity contribution is -0.130. The Morgan fingerprint density at radius 3 is 2.36 bits per heavy atom. The van der Waals surface area contributed by atoms with Gasteiger partial charge in [0.2, 0.25) is 0 Å². The van der Waals surface area contributed by atoms with E-state index in [0.717, 1.165) is 25.7 Å². The highest BCUT2D eigenvalue weighted by Gasteiger charge is 2.27. The molecule has 1 amide bonds. The van der Waals surface area contributed by atoms with Gasteiger partial charge in [0.15, 0.2) is 6.10 Å². The van der Waals surface area contributed by atoms with Gasteiger partial charge in [0.05, 0.1) is 12.7 Å². The van der Waals surface area contributed by atoms with Crippen molar-refractivity contribution < 1.29 is 23.9 Å². The zero-order valence-electron chi connectivity index (χ0n) is 15.2. The largest absolute Gasteiger partial charge is 0.465 e. The van der Waals surface area contributed by atoms with Gasteiger partial charge in [-0.25, -0.2) is 9.59 Å². The summed E-state index contributed by atoms with van der Waals surface area (Å²) in [6, 6.07) is 0.155. The molecule has 7 heteroatoms. The summed E-state index contributed by atoms with van der Waals surface area (Å²) < 4.78 is 9.99. The van der Waals surface area contributed by atoms with E-state index in [1.165, 1.54) is 13.5 Å². The highest BCUT2D eigenvalue weighted by Crippen LogP contribution is 2.20. The van der Waals surface area contributed by atoms with Crippen molar-refractivity contribution in [3.05, 3.63) is 22.5 Å². The smallest absolute Gasteiger partial charge is 0.355 e. The van der Waals surface area contributed by atoms with Gasteiger partial charge in [-0.3, -0.25) is 4.79 Å². The van der Waals surface area contributed by atoms with Crippen LogP contribution in [0.1, 0.15) is 71.1 Å². The molecular formula is C18H26N2O5. The zero-order valence-corrected chi connectivity index (χ0v) is 15.2. The van der Waals surface area contributed by atoms with Gasteiger partial charge in [0, 0.05) is 11.7 Å². The molecule has 1 atom stereocenters. The molecule has 0 aliphatic heterocycles. The van der Waals surface area contributed by atoms with Gasteiger partial charge in [0.1, 0.15) is 5.69 Å². The third-order valence-electron chi connectivity index (χ3n) is 4.64. The van der Waals surface area contributed by atoms with Crippen molar-refractivity contribution >= 4 is 17.8 Å². The van der Waals surface area contributed by atoms with Crippen LogP contribution in [0.5, 0.6) is 0 Å². The van der Waals surface area contributed by atoms with E-state index in [4.69, 9.17) is 9.47 Å². The zero-order chi connectivity index (χ0) is 18.6. The second-order valence-corrected chi connectivity index (χ2v) is 6.51. The molecule has 0 aromatic carbocycles. The Morgan fingerprint density at radius 2 is 1.76 bits per heavy atom. The Morgan fingerprint density at radius 1 is 1.12 bits per heavy atom. The molecule has 25 heavy (non-hydrogen) atoms. The quantitative estimate of drug-likeness (QED) is 0.795. The van der Waals surface area contributed by atoms with Gasteiger partial charge in [-0.15, -0.1) is 0 Å². The Labute approximate surface area is 147 Å². The summed E-state index contributed by atoms with van der Waals surface area (Å²) in [6.45, 7) is 4.86. The van der Waals surface area contributed by atoms with Crippen LogP contribution in [0.2, 0.25) is 0 Å². The molecule has 1 aromatic heterocycles. The van der Waals surface area contributed by atoms with Gasteiger partial charge in [-0.2, -0.15) is 0 Å². The number of methoxy groups -OCH3 is 1. The maximum atomic E-state index is 12.4. The number of amides is 1. The molecule has 0 bridgehead atoms. The van der Waals surface area contributed by atoms with E-state index < -0.39 is 18.0 Å². The van der Waals surface area contributed by atoms with Crippen molar-refractivity contribution in [2.75, 3.05) is 7.11 Å². The minimum atomic E-state index is -0.904. The van der Waals surface area contributed by atoms with Gasteiger partial charge in [0.25, 0.3) is 5.91 Å². The van der Waals surface area contributed by atoms with Crippen LogP contribution in [0.15, 0.2) is 0 Å². The van der Waals surface area contributed by atoms with Crippen LogP contribution in [0.3, 0.4) is 0 Å². The number of carbonyl (C=O) groups is 3. The number of aryl methyl sites for hydroxylation is 1. The molecule has 1 aliphatic carbocycles. The van der Waals surface area contributed by atoms with Crippen molar-refractivity contribution in [2.45, 2.75) is 65.0 Å². The lowest BCUT2D eigenvalue weighted by atomic mass is 9.95. The summed E-state index contributed by atoms with van der Waals surface area (Å²) in [6.07, 6.45) is 4.43. The highest BCUT2D eigenvalue weighted by molar-refractivity contribution is 5.99. The SMILES string of the molecule is COC(=O)c1c(C)[nH]c(C(=O)O[C@@H](C)C(=O)NC2CCCCC2)c1C. The Kier molecular flexibility index (Phi) is 6.22. The number of hydrogen-bond donors (Lipinski definition) is 2. The van der Waals surface area contributed by atoms with Crippen LogP contribution in [0, 0.1) is 13.8 Å². The standard InChI is InChI=1S/C18H26N2O5/c1-10-14(17(22)24-4)11(2)19-15(10)18(23)25-12(3)16(21)20-13-8-6-5-7-9-13/h12-13,19H,5-9H2,1-4H3,(H,20,21)/t12-/m0/s1. The lowest BCUT2D eigenvalue weighted by Gasteiger charge is -2.24. The van der Waals surface area contributed by atoms with E-state index in [2.05, 4.69) is 10.3 Å². The molecular weight excluding hydrogens is 324 g/mol. The van der Waals surface area contributed by atoms with Crippen LogP contribution in [-0.4, -0.2) is 42.1 Å². The Bertz CT molecular complexity index is 659. The topological polar surface area (TPSA) is 97.5 Å². The summed E-state index contributed by atoms with van der Waals surface area (Å²) in [5.74, 6) is -1.48. The first-order valence-electron chi connectivity index (χ1n) is 8.64. The minimum absolute atomic E-state index is 0.155. The fourth-order valence-corrected chi connectivity index (χ4v) is 3.20. The van der Waals surface area contributed by atoms with Gasteiger partial charge in [-0.05, 0) is 39.2 Å². The van der Waals surface area contributed by atoms with Gasteiger partial charge in [-0.1, -0.05) is 19.3 Å². The number of ether oxygens (including phenoxy) is 2. The first-order chi connectivity index (χ1) is 11.8. The molecule has 0 radical (unpaired) electrons. The molecule has 2 rings (SSSR count). The van der Waals surface area contributed by atoms with E-state index in [9.17, 15) is 14.4 Å². The molecule has 2 N–H and O–H groups in total. The summed E-state index contributed by atoms with van der Waals surface area (Å²) in [5.41, 5.74) is 1.45. The molecule has 0 saturated heterocycles. The van der Waals surface area contributed by atoms with Crippen LogP contribution in [0.25, 0.3) is 0 Å². The minimum Gasteiger partial charge on any atom is -0.465 e. The van der Waals surface area contributed by atoms with Gasteiger partial charge >= 0.3 is 11.9 Å². The van der Waals surface area contributed by atoms with Crippen LogP contribution < -0.4 is 5.32 Å². The van der Waals surface area contributed by atoms with Crippen molar-refractivity contribution in [1.29, 1.82) is 0 Å². The maximum absolute atomic E-state index is 12.4. The average molecular weight is 350 g/mol. The predicted molar refractivity (Wildman–Crippen MR) is 91.5 cm³/mol. The fourth-order valence-electron chi connectivity index (χ4n) is 3.20. The first-order valence-corrected chi connectivity index (χ1v) is 8.64. The Balaban J connectivity index is 2.01. The molecule has 1 saturated carbocycles. The molecule has 1 aliphatic rings. The molecule has 7 nitrogen and oxygen atoms in total. The summed E-state index contributed by atoms with van der Waals surface area (Å²) >= 11 is 0. The van der Waals surface area contributed by atoms with E-state index in [-0.39, 0.29) is 17.6 Å².